The Hall–Kier alpha value is -1.93. The number of hydrogen-bond acceptors (Lipinski definition) is 5. The molecule has 0 atom stereocenters. The van der Waals surface area contributed by atoms with Gasteiger partial charge >= 0.3 is 0 Å². The zero-order valence-corrected chi connectivity index (χ0v) is 20.1. The van der Waals surface area contributed by atoms with E-state index in [4.69, 9.17) is 39.5 Å². The van der Waals surface area contributed by atoms with Crippen LogP contribution in [0.2, 0.25) is 15.1 Å². The summed E-state index contributed by atoms with van der Waals surface area (Å²) in [5, 5.41) is 13.2. The highest BCUT2D eigenvalue weighted by molar-refractivity contribution is 7.99. The molecule has 0 unspecified atom stereocenters. The average Bonchev–Trinajstić information content (AvgIpc) is 3.08. The minimum absolute atomic E-state index is 0.174. The molecular formula is C21H21Cl3N4O2S. The van der Waals surface area contributed by atoms with Crippen LogP contribution in [0.3, 0.4) is 0 Å². The molecule has 0 saturated heterocycles. The molecule has 6 nitrogen and oxygen atoms in total. The zero-order chi connectivity index (χ0) is 22.4. The standard InChI is InChI=1S/C21H21Cl3N4O2S/c1-13-11-14(22)8-9-17(13)30-10-4-7-18-26-27-21(28(18)2)31-12-19(29)25-16-6-3-5-15(23)20(16)24/h3,5-6,8-9,11H,4,7,10,12H2,1-2H3,(H,25,29). The molecule has 1 N–H and O–H groups in total. The molecule has 0 aliphatic rings. The van der Waals surface area contributed by atoms with Crippen molar-refractivity contribution in [2.75, 3.05) is 17.7 Å². The second-order valence-electron chi connectivity index (χ2n) is 6.76. The van der Waals surface area contributed by atoms with Crippen LogP contribution in [0.15, 0.2) is 41.6 Å². The van der Waals surface area contributed by atoms with Crippen LogP contribution < -0.4 is 10.1 Å². The minimum atomic E-state index is -0.203. The number of thioether (sulfide) groups is 1. The molecule has 0 aliphatic heterocycles. The van der Waals surface area contributed by atoms with Gasteiger partial charge in [0.25, 0.3) is 0 Å². The van der Waals surface area contributed by atoms with E-state index < -0.39 is 0 Å². The summed E-state index contributed by atoms with van der Waals surface area (Å²) in [6, 6.07) is 10.6. The number of carbonyl (C=O) groups excluding carboxylic acids is 1. The summed E-state index contributed by atoms with van der Waals surface area (Å²) in [5.41, 5.74) is 1.48. The minimum Gasteiger partial charge on any atom is -0.493 e. The summed E-state index contributed by atoms with van der Waals surface area (Å²) < 4.78 is 7.71. The first-order chi connectivity index (χ1) is 14.8. The SMILES string of the molecule is Cc1cc(Cl)ccc1OCCCc1nnc(SCC(=O)Nc2cccc(Cl)c2Cl)n1C. The van der Waals surface area contributed by atoms with Gasteiger partial charge in [-0.15, -0.1) is 10.2 Å². The van der Waals surface area contributed by atoms with Gasteiger partial charge < -0.3 is 14.6 Å². The van der Waals surface area contributed by atoms with Gasteiger partial charge in [-0.3, -0.25) is 4.79 Å². The quantitative estimate of drug-likeness (QED) is 0.296. The van der Waals surface area contributed by atoms with Gasteiger partial charge in [-0.1, -0.05) is 52.6 Å². The predicted octanol–water partition coefficient (Wildman–Crippen LogP) is 5.83. The number of ether oxygens (including phenoxy) is 1. The summed E-state index contributed by atoms with van der Waals surface area (Å²) in [4.78, 5) is 12.2. The lowest BCUT2D eigenvalue weighted by Crippen LogP contribution is -2.15. The van der Waals surface area contributed by atoms with Gasteiger partial charge in [0, 0.05) is 18.5 Å². The maximum atomic E-state index is 12.2. The van der Waals surface area contributed by atoms with Crippen LogP contribution in [-0.2, 0) is 18.3 Å². The Labute approximate surface area is 200 Å². The van der Waals surface area contributed by atoms with Crippen molar-refractivity contribution in [3.8, 4) is 5.75 Å². The predicted molar refractivity (Wildman–Crippen MR) is 127 cm³/mol. The summed E-state index contributed by atoms with van der Waals surface area (Å²) in [6.45, 7) is 2.52. The van der Waals surface area contributed by atoms with Gasteiger partial charge in [-0.05, 0) is 49.2 Å². The van der Waals surface area contributed by atoms with Crippen LogP contribution >= 0.6 is 46.6 Å². The number of nitrogens with zero attached hydrogens (tertiary/aromatic N) is 3. The van der Waals surface area contributed by atoms with E-state index >= 15 is 0 Å². The summed E-state index contributed by atoms with van der Waals surface area (Å²) in [7, 11) is 1.88. The van der Waals surface area contributed by atoms with Crippen molar-refractivity contribution < 1.29 is 9.53 Å². The molecule has 1 heterocycles. The molecule has 2 aromatic carbocycles. The number of halogens is 3. The molecule has 0 bridgehead atoms. The van der Waals surface area contributed by atoms with E-state index in [1.165, 1.54) is 11.8 Å². The van der Waals surface area contributed by atoms with E-state index in [0.717, 1.165) is 23.6 Å². The Morgan fingerprint density at radius 2 is 2.00 bits per heavy atom. The second kappa shape index (κ2) is 11.1. The van der Waals surface area contributed by atoms with Gasteiger partial charge in [0.15, 0.2) is 5.16 Å². The van der Waals surface area contributed by atoms with Crippen molar-refractivity contribution in [3.63, 3.8) is 0 Å². The molecule has 164 valence electrons. The Morgan fingerprint density at radius 3 is 2.77 bits per heavy atom. The number of rotatable bonds is 9. The highest BCUT2D eigenvalue weighted by Gasteiger charge is 2.13. The molecule has 0 aliphatic carbocycles. The van der Waals surface area contributed by atoms with Crippen LogP contribution in [0.4, 0.5) is 5.69 Å². The van der Waals surface area contributed by atoms with Gasteiger partial charge in [0.2, 0.25) is 5.91 Å². The molecule has 0 fully saturated rings. The molecule has 10 heteroatoms. The number of benzene rings is 2. The molecule has 1 aromatic heterocycles. The molecule has 3 aromatic rings. The van der Waals surface area contributed by atoms with Crippen molar-refractivity contribution in [3.05, 3.63) is 62.9 Å². The Kier molecular flexibility index (Phi) is 8.49. The molecule has 3 rings (SSSR count). The van der Waals surface area contributed by atoms with Gasteiger partial charge in [-0.25, -0.2) is 0 Å². The summed E-state index contributed by atoms with van der Waals surface area (Å²) in [6.07, 6.45) is 1.49. The molecule has 0 saturated carbocycles. The Bertz CT molecular complexity index is 1070. The summed E-state index contributed by atoms with van der Waals surface area (Å²) in [5.74, 6) is 1.63. The molecule has 31 heavy (non-hydrogen) atoms. The van der Waals surface area contributed by atoms with Gasteiger partial charge in [0.1, 0.15) is 11.6 Å². The average molecular weight is 500 g/mol. The van der Waals surface area contributed by atoms with E-state index in [0.29, 0.717) is 38.9 Å². The fraction of sp³-hybridized carbons (Fsp3) is 0.286. The topological polar surface area (TPSA) is 69.0 Å². The highest BCUT2D eigenvalue weighted by atomic mass is 35.5. The van der Waals surface area contributed by atoms with E-state index in [9.17, 15) is 4.79 Å². The fourth-order valence-corrected chi connectivity index (χ4v) is 4.10. The van der Waals surface area contributed by atoms with Crippen molar-refractivity contribution in [2.45, 2.75) is 24.9 Å². The lowest BCUT2D eigenvalue weighted by molar-refractivity contribution is -0.113. The number of carbonyl (C=O) groups is 1. The molecular weight excluding hydrogens is 479 g/mol. The smallest absolute Gasteiger partial charge is 0.234 e. The lowest BCUT2D eigenvalue weighted by Gasteiger charge is -2.09. The first-order valence-electron chi connectivity index (χ1n) is 9.49. The molecule has 0 spiro atoms. The first kappa shape index (κ1) is 23.7. The number of nitrogens with one attached hydrogen (secondary N) is 1. The normalized spacial score (nSPS) is 10.9. The van der Waals surface area contributed by atoms with Crippen LogP contribution in [-0.4, -0.2) is 33.0 Å². The van der Waals surface area contributed by atoms with Crippen LogP contribution in [0, 0.1) is 6.92 Å². The van der Waals surface area contributed by atoms with E-state index in [2.05, 4.69) is 15.5 Å². The van der Waals surface area contributed by atoms with Crippen LogP contribution in [0.1, 0.15) is 17.8 Å². The van der Waals surface area contributed by atoms with E-state index in [1.807, 2.05) is 36.7 Å². The van der Waals surface area contributed by atoms with E-state index in [-0.39, 0.29) is 11.7 Å². The number of anilines is 1. The van der Waals surface area contributed by atoms with Crippen LogP contribution in [0.25, 0.3) is 0 Å². The van der Waals surface area contributed by atoms with Crippen molar-refractivity contribution in [1.82, 2.24) is 14.8 Å². The van der Waals surface area contributed by atoms with Crippen molar-refractivity contribution >= 4 is 58.2 Å². The van der Waals surface area contributed by atoms with Gasteiger partial charge in [-0.2, -0.15) is 0 Å². The third-order valence-corrected chi connectivity index (χ3v) is 6.50. The number of amides is 1. The second-order valence-corrected chi connectivity index (χ2v) is 8.92. The third kappa shape index (κ3) is 6.53. The van der Waals surface area contributed by atoms with Gasteiger partial charge in [0.05, 0.1) is 28.1 Å². The zero-order valence-electron chi connectivity index (χ0n) is 17.0. The highest BCUT2D eigenvalue weighted by Crippen LogP contribution is 2.29. The summed E-state index contributed by atoms with van der Waals surface area (Å²) >= 11 is 19.3. The van der Waals surface area contributed by atoms with Crippen LogP contribution in [0.5, 0.6) is 5.75 Å². The maximum absolute atomic E-state index is 12.2. The number of aryl methyl sites for hydroxylation is 2. The fourth-order valence-electron chi connectivity index (χ4n) is 2.79. The largest absolute Gasteiger partial charge is 0.493 e. The Balaban J connectivity index is 1.46. The van der Waals surface area contributed by atoms with E-state index in [1.54, 1.807) is 18.2 Å². The number of aromatic nitrogens is 3. The van der Waals surface area contributed by atoms with Crippen molar-refractivity contribution in [1.29, 1.82) is 0 Å². The van der Waals surface area contributed by atoms with Crippen molar-refractivity contribution in [2.24, 2.45) is 7.05 Å². The third-order valence-electron chi connectivity index (χ3n) is 4.42. The maximum Gasteiger partial charge on any atom is 0.234 e. The number of hydrogen-bond donors (Lipinski definition) is 1. The molecule has 1 amide bonds. The lowest BCUT2D eigenvalue weighted by atomic mass is 10.2. The Morgan fingerprint density at radius 1 is 1.19 bits per heavy atom. The monoisotopic (exact) mass is 498 g/mol. The first-order valence-corrected chi connectivity index (χ1v) is 11.6. The molecule has 0 radical (unpaired) electrons.